The Hall–Kier alpha value is -1.35. The summed E-state index contributed by atoms with van der Waals surface area (Å²) in [4.78, 5) is 11.1. The van der Waals surface area contributed by atoms with E-state index in [9.17, 15) is 9.90 Å². The molecule has 0 aliphatic rings. The van der Waals surface area contributed by atoms with Crippen LogP contribution in [0, 0.1) is 5.41 Å². The summed E-state index contributed by atoms with van der Waals surface area (Å²) in [6.07, 6.45) is 5.70. The van der Waals surface area contributed by atoms with Crippen LogP contribution in [0.25, 0.3) is 0 Å². The molecule has 1 unspecified atom stereocenters. The monoisotopic (exact) mass is 238 g/mol. The topological polar surface area (TPSA) is 46.5 Å². The Kier molecular flexibility index (Phi) is 6.51. The van der Waals surface area contributed by atoms with Gasteiger partial charge in [0.15, 0.2) is 0 Å². The van der Waals surface area contributed by atoms with Gasteiger partial charge in [0.25, 0.3) is 0 Å². The minimum absolute atomic E-state index is 0.149. The van der Waals surface area contributed by atoms with Gasteiger partial charge in [-0.3, -0.25) is 0 Å². The summed E-state index contributed by atoms with van der Waals surface area (Å²) >= 11 is 0. The molecule has 0 radical (unpaired) electrons. The highest BCUT2D eigenvalue weighted by Gasteiger charge is 2.21. The van der Waals surface area contributed by atoms with Crippen LogP contribution in [0.3, 0.4) is 0 Å². The van der Waals surface area contributed by atoms with E-state index in [2.05, 4.69) is 17.9 Å². The number of hydrogen-bond acceptors (Lipinski definition) is 3. The minimum atomic E-state index is -0.605. The number of carbonyl (C=O) groups is 1. The summed E-state index contributed by atoms with van der Waals surface area (Å²) in [5, 5.41) is 9.87. The number of allylic oxidation sites excluding steroid dienone is 3. The van der Waals surface area contributed by atoms with Gasteiger partial charge in [-0.1, -0.05) is 45.2 Å². The first-order chi connectivity index (χ1) is 7.82. The Bertz CT molecular complexity index is 313. The molecule has 0 aromatic carbocycles. The summed E-state index contributed by atoms with van der Waals surface area (Å²) < 4.78 is 4.53. The summed E-state index contributed by atoms with van der Waals surface area (Å²) in [5.41, 5.74) is 0.146. The Morgan fingerprint density at radius 1 is 1.53 bits per heavy atom. The standard InChI is InChI=1S/C14H22O3/c1-6-7-8-14(3,4)10-12(15)9-11(2)13(16)17-5/h6-8,12,15H,1-2,9-10H2,3-5H3/b8-7+. The molecule has 0 aromatic heterocycles. The number of methoxy groups -OCH3 is 1. The maximum Gasteiger partial charge on any atom is 0.333 e. The van der Waals surface area contributed by atoms with Crippen LogP contribution >= 0.6 is 0 Å². The van der Waals surface area contributed by atoms with Gasteiger partial charge in [-0.05, 0) is 11.8 Å². The van der Waals surface area contributed by atoms with Gasteiger partial charge < -0.3 is 9.84 Å². The molecule has 1 N–H and O–H groups in total. The molecule has 3 nitrogen and oxygen atoms in total. The van der Waals surface area contributed by atoms with Crippen LogP contribution in [-0.2, 0) is 9.53 Å². The number of esters is 1. The first-order valence-electron chi connectivity index (χ1n) is 5.57. The lowest BCUT2D eigenvalue weighted by Gasteiger charge is -2.23. The number of carbonyl (C=O) groups excluding carboxylic acids is 1. The van der Waals surface area contributed by atoms with Gasteiger partial charge in [0, 0.05) is 12.0 Å². The first kappa shape index (κ1) is 15.7. The molecule has 17 heavy (non-hydrogen) atoms. The minimum Gasteiger partial charge on any atom is -0.466 e. The third-order valence-electron chi connectivity index (χ3n) is 2.40. The molecule has 0 rings (SSSR count). The highest BCUT2D eigenvalue weighted by atomic mass is 16.5. The van der Waals surface area contributed by atoms with Crippen LogP contribution in [0.4, 0.5) is 0 Å². The Morgan fingerprint density at radius 2 is 2.12 bits per heavy atom. The lowest BCUT2D eigenvalue weighted by molar-refractivity contribution is -0.136. The number of rotatable bonds is 7. The van der Waals surface area contributed by atoms with Crippen molar-refractivity contribution in [3.05, 3.63) is 37.0 Å². The molecule has 0 bridgehead atoms. The maximum atomic E-state index is 11.1. The molecule has 0 fully saturated rings. The molecule has 0 saturated heterocycles. The molecule has 1 atom stereocenters. The summed E-state index contributed by atoms with van der Waals surface area (Å²) in [6, 6.07) is 0. The van der Waals surface area contributed by atoms with Crippen LogP contribution in [0.1, 0.15) is 26.7 Å². The van der Waals surface area contributed by atoms with Gasteiger partial charge in [0.2, 0.25) is 0 Å². The van der Waals surface area contributed by atoms with Crippen LogP contribution in [-0.4, -0.2) is 24.3 Å². The quantitative estimate of drug-likeness (QED) is 0.421. The van der Waals surface area contributed by atoms with Crippen molar-refractivity contribution in [3.63, 3.8) is 0 Å². The zero-order chi connectivity index (χ0) is 13.5. The Balaban J connectivity index is 4.30. The molecule has 0 aliphatic carbocycles. The van der Waals surface area contributed by atoms with Crippen molar-refractivity contribution < 1.29 is 14.6 Å². The van der Waals surface area contributed by atoms with E-state index in [1.807, 2.05) is 26.0 Å². The predicted octanol–water partition coefficient (Wildman–Crippen LogP) is 2.63. The zero-order valence-electron chi connectivity index (χ0n) is 10.9. The molecular formula is C14H22O3. The van der Waals surface area contributed by atoms with Gasteiger partial charge in [0.05, 0.1) is 13.2 Å². The van der Waals surface area contributed by atoms with Crippen LogP contribution in [0.5, 0.6) is 0 Å². The molecule has 0 spiro atoms. The maximum absolute atomic E-state index is 11.1. The van der Waals surface area contributed by atoms with Crippen LogP contribution in [0.2, 0.25) is 0 Å². The van der Waals surface area contributed by atoms with Crippen molar-refractivity contribution in [2.24, 2.45) is 5.41 Å². The first-order valence-corrected chi connectivity index (χ1v) is 5.57. The normalized spacial score (nSPS) is 13.4. The van der Waals surface area contributed by atoms with Crippen molar-refractivity contribution in [1.29, 1.82) is 0 Å². The number of aliphatic hydroxyl groups is 1. The third-order valence-corrected chi connectivity index (χ3v) is 2.40. The highest BCUT2D eigenvalue weighted by molar-refractivity contribution is 5.87. The second-order valence-corrected chi connectivity index (χ2v) is 4.74. The molecule has 0 aliphatic heterocycles. The van der Waals surface area contributed by atoms with E-state index < -0.39 is 12.1 Å². The second kappa shape index (κ2) is 7.07. The van der Waals surface area contributed by atoms with E-state index >= 15 is 0 Å². The van der Waals surface area contributed by atoms with Crippen molar-refractivity contribution in [2.45, 2.75) is 32.8 Å². The van der Waals surface area contributed by atoms with Gasteiger partial charge in [-0.25, -0.2) is 4.79 Å². The average molecular weight is 238 g/mol. The number of aliphatic hydroxyl groups excluding tert-OH is 1. The highest BCUT2D eigenvalue weighted by Crippen LogP contribution is 2.26. The molecule has 3 heteroatoms. The zero-order valence-corrected chi connectivity index (χ0v) is 10.9. The van der Waals surface area contributed by atoms with Crippen molar-refractivity contribution in [2.75, 3.05) is 7.11 Å². The molecule has 0 heterocycles. The van der Waals surface area contributed by atoms with Gasteiger partial charge in [0.1, 0.15) is 0 Å². The fourth-order valence-corrected chi connectivity index (χ4v) is 1.59. The van der Waals surface area contributed by atoms with Crippen molar-refractivity contribution in [1.82, 2.24) is 0 Å². The Morgan fingerprint density at radius 3 is 2.59 bits per heavy atom. The molecular weight excluding hydrogens is 216 g/mol. The Labute approximate surface area is 103 Å². The van der Waals surface area contributed by atoms with E-state index in [1.54, 1.807) is 6.08 Å². The summed E-state index contributed by atoms with van der Waals surface area (Å²) in [5.74, 6) is -0.469. The third kappa shape index (κ3) is 6.74. The number of ether oxygens (including phenoxy) is 1. The van der Waals surface area contributed by atoms with E-state index in [4.69, 9.17) is 0 Å². The van der Waals surface area contributed by atoms with Gasteiger partial charge in [-0.15, -0.1) is 0 Å². The van der Waals surface area contributed by atoms with Crippen molar-refractivity contribution in [3.8, 4) is 0 Å². The average Bonchev–Trinajstić information content (AvgIpc) is 2.24. The van der Waals surface area contributed by atoms with Gasteiger partial charge in [-0.2, -0.15) is 0 Å². The fourth-order valence-electron chi connectivity index (χ4n) is 1.59. The lowest BCUT2D eigenvalue weighted by Crippen LogP contribution is -2.20. The number of hydrogen-bond donors (Lipinski definition) is 1. The van der Waals surface area contributed by atoms with E-state index in [0.29, 0.717) is 12.0 Å². The smallest absolute Gasteiger partial charge is 0.333 e. The summed E-state index contributed by atoms with van der Waals surface area (Å²) in [7, 11) is 1.30. The summed E-state index contributed by atoms with van der Waals surface area (Å²) in [6.45, 7) is 11.2. The largest absolute Gasteiger partial charge is 0.466 e. The predicted molar refractivity (Wildman–Crippen MR) is 69.5 cm³/mol. The fraction of sp³-hybridized carbons (Fsp3) is 0.500. The molecule has 0 amide bonds. The van der Waals surface area contributed by atoms with E-state index in [-0.39, 0.29) is 11.8 Å². The van der Waals surface area contributed by atoms with Crippen LogP contribution < -0.4 is 0 Å². The van der Waals surface area contributed by atoms with Crippen molar-refractivity contribution >= 4 is 5.97 Å². The molecule has 0 saturated carbocycles. The lowest BCUT2D eigenvalue weighted by atomic mass is 9.84. The second-order valence-electron chi connectivity index (χ2n) is 4.74. The molecule has 0 aromatic rings. The van der Waals surface area contributed by atoms with Gasteiger partial charge >= 0.3 is 5.97 Å². The van der Waals surface area contributed by atoms with E-state index in [1.165, 1.54) is 7.11 Å². The SMILES string of the molecule is C=C/C=C/C(C)(C)CC(O)CC(=C)C(=O)OC. The van der Waals surface area contributed by atoms with Crippen LogP contribution in [0.15, 0.2) is 37.0 Å². The molecule has 96 valence electrons. The van der Waals surface area contributed by atoms with E-state index in [0.717, 1.165) is 0 Å².